The van der Waals surface area contributed by atoms with Crippen molar-refractivity contribution in [2.75, 3.05) is 27.2 Å². The zero-order valence-corrected chi connectivity index (χ0v) is 29.0. The number of methoxy groups -OCH3 is 1. The fourth-order valence-electron chi connectivity index (χ4n) is 8.68. The number of likely N-dealkylation sites (tertiary alicyclic amines) is 1. The van der Waals surface area contributed by atoms with Crippen LogP contribution in [0.5, 0.6) is 5.75 Å². The summed E-state index contributed by atoms with van der Waals surface area (Å²) in [6, 6.07) is 11.9. The second-order valence-electron chi connectivity index (χ2n) is 14.2. The van der Waals surface area contributed by atoms with Crippen LogP contribution in [-0.2, 0) is 28.4 Å². The van der Waals surface area contributed by atoms with Crippen LogP contribution < -0.4 is 9.46 Å². The summed E-state index contributed by atoms with van der Waals surface area (Å²) >= 11 is 0. The van der Waals surface area contributed by atoms with Crippen LogP contribution in [0.3, 0.4) is 0 Å². The van der Waals surface area contributed by atoms with Crippen molar-refractivity contribution in [3.8, 4) is 17.0 Å². The standard InChI is InChI=1S/C37H42N6O5S/c1-40-19-27-10-11-28(20-40)43(27)37(45)26-15-25-16-29(48-3)12-14-30(25)35-34(23-7-5-4-6-8-23)31-13-9-24(17-32(31)42(35)18-26)36(44)39-49(46,47)33-21-41(2)22-38-33/h9,12-17,21-23,27-28H,4-8,10-11,18-20H2,1-3H3,(H,39,44). The SMILES string of the molecule is COc1ccc2c(c1)C=C(C(=O)N1C3CCC1CN(C)C3)Cn1c-2c(C2CCCCC2)c2ccc(C(=O)NS(=O)(=O)c3cn(C)cn3)cc21. The van der Waals surface area contributed by atoms with E-state index in [1.807, 2.05) is 24.3 Å². The molecule has 2 saturated heterocycles. The lowest BCUT2D eigenvalue weighted by molar-refractivity contribution is -0.132. The highest BCUT2D eigenvalue weighted by Crippen LogP contribution is 2.47. The summed E-state index contributed by atoms with van der Waals surface area (Å²) in [6.07, 6.45) is 12.4. The Morgan fingerprint density at radius 1 is 0.959 bits per heavy atom. The molecule has 2 atom stereocenters. The van der Waals surface area contributed by atoms with Gasteiger partial charge in [-0.05, 0) is 86.2 Å². The van der Waals surface area contributed by atoms with Crippen LogP contribution in [0.2, 0.25) is 0 Å². The van der Waals surface area contributed by atoms with Crippen molar-refractivity contribution in [2.24, 2.45) is 7.05 Å². The molecular formula is C37H42N6O5S. The van der Waals surface area contributed by atoms with E-state index in [1.54, 1.807) is 26.3 Å². The molecule has 3 aliphatic heterocycles. The van der Waals surface area contributed by atoms with Crippen molar-refractivity contribution in [2.45, 2.75) is 74.5 Å². The number of likely N-dealkylation sites (N-methyl/N-ethyl adjacent to an activating group) is 1. The smallest absolute Gasteiger partial charge is 0.283 e. The third-order valence-corrected chi connectivity index (χ3v) is 12.1. The van der Waals surface area contributed by atoms with Gasteiger partial charge in [0.1, 0.15) is 5.75 Å². The Bertz CT molecular complexity index is 2110. The average Bonchev–Trinajstić information content (AvgIpc) is 3.72. The van der Waals surface area contributed by atoms with E-state index in [0.29, 0.717) is 18.0 Å². The van der Waals surface area contributed by atoms with E-state index in [2.05, 4.69) is 37.2 Å². The Balaban J connectivity index is 1.28. The first-order valence-corrected chi connectivity index (χ1v) is 18.7. The molecule has 1 saturated carbocycles. The molecule has 5 heterocycles. The van der Waals surface area contributed by atoms with E-state index in [9.17, 15) is 18.0 Å². The van der Waals surface area contributed by atoms with Gasteiger partial charge in [-0.3, -0.25) is 9.59 Å². The van der Waals surface area contributed by atoms with E-state index in [-0.39, 0.29) is 28.6 Å². The number of carbonyl (C=O) groups is 2. The van der Waals surface area contributed by atoms with Gasteiger partial charge in [-0.1, -0.05) is 25.3 Å². The summed E-state index contributed by atoms with van der Waals surface area (Å²) in [5.74, 6) is 0.358. The number of nitrogens with one attached hydrogen (secondary N) is 1. The first kappa shape index (κ1) is 31.8. The quantitative estimate of drug-likeness (QED) is 0.307. The lowest BCUT2D eigenvalue weighted by Crippen LogP contribution is -2.55. The zero-order chi connectivity index (χ0) is 34.0. The van der Waals surface area contributed by atoms with Crippen LogP contribution >= 0.6 is 0 Å². The van der Waals surface area contributed by atoms with E-state index in [0.717, 1.165) is 85.1 Å². The van der Waals surface area contributed by atoms with Gasteiger partial charge in [0.15, 0.2) is 5.03 Å². The number of nitrogens with zero attached hydrogens (tertiary/aromatic N) is 5. The monoisotopic (exact) mass is 682 g/mol. The molecule has 4 aromatic rings. The number of aryl methyl sites for hydroxylation is 1. The molecule has 0 radical (unpaired) electrons. The van der Waals surface area contributed by atoms with Gasteiger partial charge < -0.3 is 23.7 Å². The molecule has 11 nitrogen and oxygen atoms in total. The highest BCUT2D eigenvalue weighted by molar-refractivity contribution is 7.90. The van der Waals surface area contributed by atoms with Crippen LogP contribution in [-0.4, -0.2) is 83.5 Å². The third-order valence-electron chi connectivity index (χ3n) is 10.9. The van der Waals surface area contributed by atoms with Crippen LogP contribution in [0, 0.1) is 0 Å². The first-order valence-electron chi connectivity index (χ1n) is 17.2. The van der Waals surface area contributed by atoms with Crippen LogP contribution in [0.25, 0.3) is 28.2 Å². The molecule has 4 aliphatic rings. The molecular weight excluding hydrogens is 641 g/mol. The molecule has 0 spiro atoms. The normalized spacial score (nSPS) is 21.2. The highest BCUT2D eigenvalue weighted by atomic mass is 32.2. The van der Waals surface area contributed by atoms with Crippen LogP contribution in [0.4, 0.5) is 0 Å². The van der Waals surface area contributed by atoms with E-state index >= 15 is 0 Å². The molecule has 2 aromatic heterocycles. The van der Waals surface area contributed by atoms with Gasteiger partial charge in [-0.25, -0.2) is 9.71 Å². The molecule has 3 fully saturated rings. The number of benzene rings is 2. The van der Waals surface area contributed by atoms with E-state index < -0.39 is 15.9 Å². The van der Waals surface area contributed by atoms with Crippen LogP contribution in [0.15, 0.2) is 59.5 Å². The van der Waals surface area contributed by atoms with E-state index in [1.165, 1.54) is 29.1 Å². The van der Waals surface area contributed by atoms with Gasteiger partial charge in [-0.15, -0.1) is 0 Å². The van der Waals surface area contributed by atoms with Crippen LogP contribution in [0.1, 0.15) is 72.3 Å². The molecule has 2 aromatic carbocycles. The molecule has 1 aliphatic carbocycles. The van der Waals surface area contributed by atoms with Gasteiger partial charge in [0.25, 0.3) is 21.8 Å². The Hall–Kier alpha value is -4.42. The van der Waals surface area contributed by atoms with Gasteiger partial charge in [-0.2, -0.15) is 8.42 Å². The second-order valence-corrected chi connectivity index (χ2v) is 15.8. The fraction of sp³-hybridized carbons (Fsp3) is 0.432. The number of imidazole rings is 1. The number of amides is 2. The number of sulfonamides is 1. The van der Waals surface area contributed by atoms with Crippen molar-refractivity contribution in [3.63, 3.8) is 0 Å². The number of hydrogen-bond acceptors (Lipinski definition) is 7. The number of hydrogen-bond donors (Lipinski definition) is 1. The predicted octanol–water partition coefficient (Wildman–Crippen LogP) is 4.92. The lowest BCUT2D eigenvalue weighted by atomic mass is 9.81. The second kappa shape index (κ2) is 12.2. The number of rotatable bonds is 6. The summed E-state index contributed by atoms with van der Waals surface area (Å²) in [5.41, 5.74) is 5.95. The van der Waals surface area contributed by atoms with Crippen molar-refractivity contribution in [1.82, 2.24) is 28.6 Å². The molecule has 256 valence electrons. The number of aromatic nitrogens is 3. The zero-order valence-electron chi connectivity index (χ0n) is 28.2. The molecule has 2 bridgehead atoms. The lowest BCUT2D eigenvalue weighted by Gasteiger charge is -2.40. The van der Waals surface area contributed by atoms with E-state index in [4.69, 9.17) is 4.74 Å². The Morgan fingerprint density at radius 2 is 1.71 bits per heavy atom. The molecule has 49 heavy (non-hydrogen) atoms. The Labute approximate surface area is 286 Å². The molecule has 2 unspecified atom stereocenters. The highest BCUT2D eigenvalue weighted by Gasteiger charge is 2.43. The summed E-state index contributed by atoms with van der Waals surface area (Å²) in [5, 5.41) is 0.805. The largest absolute Gasteiger partial charge is 0.497 e. The van der Waals surface area contributed by atoms with Crippen molar-refractivity contribution >= 4 is 38.8 Å². The summed E-state index contributed by atoms with van der Waals surface area (Å²) in [7, 11) is 1.27. The van der Waals surface area contributed by atoms with Gasteiger partial charge >= 0.3 is 0 Å². The topological polar surface area (TPSA) is 119 Å². The molecule has 1 N–H and O–H groups in total. The summed E-state index contributed by atoms with van der Waals surface area (Å²) in [4.78, 5) is 36.5. The Kier molecular flexibility index (Phi) is 7.90. The van der Waals surface area contributed by atoms with Crippen molar-refractivity contribution in [3.05, 3.63) is 71.2 Å². The number of fused-ring (bicyclic) bond motifs is 7. The van der Waals surface area contributed by atoms with Gasteiger partial charge in [0.05, 0.1) is 25.7 Å². The minimum atomic E-state index is -4.18. The van der Waals surface area contributed by atoms with Gasteiger partial charge in [0, 0.05) is 66.0 Å². The van der Waals surface area contributed by atoms with Gasteiger partial charge in [0.2, 0.25) is 0 Å². The average molecular weight is 683 g/mol. The first-order chi connectivity index (χ1) is 23.6. The number of piperazine rings is 1. The van der Waals surface area contributed by atoms with Crippen molar-refractivity contribution in [1.29, 1.82) is 0 Å². The fourth-order valence-corrected chi connectivity index (χ4v) is 9.64. The molecule has 8 rings (SSSR count). The number of ether oxygens (including phenoxy) is 1. The third kappa shape index (κ3) is 5.54. The number of carbonyl (C=O) groups excluding carboxylic acids is 2. The molecule has 2 amide bonds. The maximum absolute atomic E-state index is 14.6. The minimum absolute atomic E-state index is 0.0543. The summed E-state index contributed by atoms with van der Waals surface area (Å²) < 4.78 is 37.7. The maximum Gasteiger partial charge on any atom is 0.283 e. The Morgan fingerprint density at radius 3 is 2.41 bits per heavy atom. The minimum Gasteiger partial charge on any atom is -0.497 e. The predicted molar refractivity (Wildman–Crippen MR) is 187 cm³/mol. The summed E-state index contributed by atoms with van der Waals surface area (Å²) in [6.45, 7) is 2.06. The maximum atomic E-state index is 14.6. The molecule has 12 heteroatoms. The van der Waals surface area contributed by atoms with Crippen molar-refractivity contribution < 1.29 is 22.7 Å².